The van der Waals surface area contributed by atoms with Gasteiger partial charge < -0.3 is 10.1 Å². The Morgan fingerprint density at radius 1 is 1.31 bits per heavy atom. The van der Waals surface area contributed by atoms with Gasteiger partial charge in [-0.15, -0.1) is 12.4 Å². The zero-order valence-corrected chi connectivity index (χ0v) is 10.7. The molecule has 2 nitrogen and oxygen atoms in total. The first-order chi connectivity index (χ1) is 7.33. The lowest BCUT2D eigenvalue weighted by molar-refractivity contribution is 0.334. The van der Waals surface area contributed by atoms with E-state index in [0.717, 1.165) is 18.8 Å². The van der Waals surface area contributed by atoms with Gasteiger partial charge in [-0.2, -0.15) is 0 Å². The molecule has 1 N–H and O–H groups in total. The van der Waals surface area contributed by atoms with Gasteiger partial charge in [0.25, 0.3) is 0 Å². The second kappa shape index (κ2) is 6.12. The SMILES string of the molecule is COc1ccccc1[C@H]1CCNC[C@H]1C.Cl. The van der Waals surface area contributed by atoms with E-state index in [1.807, 2.05) is 6.07 Å². The molecule has 2 atom stereocenters. The molecule has 1 saturated heterocycles. The van der Waals surface area contributed by atoms with Gasteiger partial charge in [0.1, 0.15) is 5.75 Å². The molecular formula is C13H20ClNO. The number of hydrogen-bond donors (Lipinski definition) is 1. The summed E-state index contributed by atoms with van der Waals surface area (Å²) in [6.07, 6.45) is 1.21. The van der Waals surface area contributed by atoms with E-state index in [-0.39, 0.29) is 12.4 Å². The Labute approximate surface area is 104 Å². The third-order valence-corrected chi connectivity index (χ3v) is 3.32. The smallest absolute Gasteiger partial charge is 0.122 e. The highest BCUT2D eigenvalue weighted by Crippen LogP contribution is 2.35. The number of halogens is 1. The number of nitrogens with one attached hydrogen (secondary N) is 1. The molecule has 1 aromatic carbocycles. The van der Waals surface area contributed by atoms with Crippen LogP contribution in [0, 0.1) is 5.92 Å². The van der Waals surface area contributed by atoms with Crippen molar-refractivity contribution in [3.8, 4) is 5.75 Å². The van der Waals surface area contributed by atoms with Gasteiger partial charge in [-0.3, -0.25) is 0 Å². The van der Waals surface area contributed by atoms with Gasteiger partial charge in [0, 0.05) is 0 Å². The molecule has 2 rings (SSSR count). The summed E-state index contributed by atoms with van der Waals surface area (Å²) in [5, 5.41) is 3.43. The molecule has 0 unspecified atom stereocenters. The highest BCUT2D eigenvalue weighted by molar-refractivity contribution is 5.85. The zero-order chi connectivity index (χ0) is 10.7. The molecule has 0 saturated carbocycles. The molecule has 1 aliphatic rings. The van der Waals surface area contributed by atoms with Gasteiger partial charge in [-0.25, -0.2) is 0 Å². The van der Waals surface area contributed by atoms with E-state index < -0.39 is 0 Å². The van der Waals surface area contributed by atoms with E-state index in [2.05, 4.69) is 30.4 Å². The largest absolute Gasteiger partial charge is 0.496 e. The lowest BCUT2D eigenvalue weighted by Crippen LogP contribution is -2.33. The molecule has 1 fully saturated rings. The van der Waals surface area contributed by atoms with E-state index in [0.29, 0.717) is 11.8 Å². The van der Waals surface area contributed by atoms with Gasteiger partial charge in [0.2, 0.25) is 0 Å². The highest BCUT2D eigenvalue weighted by Gasteiger charge is 2.24. The summed E-state index contributed by atoms with van der Waals surface area (Å²) in [7, 11) is 1.75. The average molecular weight is 242 g/mol. The van der Waals surface area contributed by atoms with Gasteiger partial charge in [-0.1, -0.05) is 25.1 Å². The van der Waals surface area contributed by atoms with Crippen LogP contribution in [0.25, 0.3) is 0 Å². The van der Waals surface area contributed by atoms with E-state index in [1.54, 1.807) is 7.11 Å². The van der Waals surface area contributed by atoms with E-state index in [9.17, 15) is 0 Å². The molecule has 3 heteroatoms. The van der Waals surface area contributed by atoms with Crippen molar-refractivity contribution >= 4 is 12.4 Å². The summed E-state index contributed by atoms with van der Waals surface area (Å²) in [5.41, 5.74) is 1.37. The summed E-state index contributed by atoms with van der Waals surface area (Å²) >= 11 is 0. The molecule has 0 bridgehead atoms. The number of benzene rings is 1. The van der Waals surface area contributed by atoms with Crippen LogP contribution in [0.15, 0.2) is 24.3 Å². The Kier molecular flexibility index (Phi) is 5.10. The van der Waals surface area contributed by atoms with Crippen LogP contribution in [-0.2, 0) is 0 Å². The van der Waals surface area contributed by atoms with Crippen LogP contribution in [0.1, 0.15) is 24.8 Å². The summed E-state index contributed by atoms with van der Waals surface area (Å²) < 4.78 is 5.43. The molecule has 16 heavy (non-hydrogen) atoms. The standard InChI is InChI=1S/C13H19NO.ClH/c1-10-9-14-8-7-11(10)12-5-3-4-6-13(12)15-2;/h3-6,10-11,14H,7-9H2,1-2H3;1H/t10-,11+;/m1./s1. The Balaban J connectivity index is 0.00000128. The molecule has 0 amide bonds. The Morgan fingerprint density at radius 2 is 2.06 bits per heavy atom. The van der Waals surface area contributed by atoms with Crippen LogP contribution in [0.4, 0.5) is 0 Å². The minimum Gasteiger partial charge on any atom is -0.496 e. The monoisotopic (exact) mass is 241 g/mol. The van der Waals surface area contributed by atoms with Crippen LogP contribution in [0.2, 0.25) is 0 Å². The fraction of sp³-hybridized carbons (Fsp3) is 0.538. The first-order valence-electron chi connectivity index (χ1n) is 5.66. The minimum absolute atomic E-state index is 0. The van der Waals surface area contributed by atoms with Crippen molar-refractivity contribution < 1.29 is 4.74 Å². The molecule has 0 aromatic heterocycles. The first kappa shape index (κ1) is 13.3. The van der Waals surface area contributed by atoms with E-state index in [1.165, 1.54) is 12.0 Å². The first-order valence-corrected chi connectivity index (χ1v) is 5.66. The minimum atomic E-state index is 0. The topological polar surface area (TPSA) is 21.3 Å². The number of rotatable bonds is 2. The van der Waals surface area contributed by atoms with Crippen molar-refractivity contribution in [1.82, 2.24) is 5.32 Å². The summed E-state index contributed by atoms with van der Waals surface area (Å²) in [5.74, 6) is 2.37. The summed E-state index contributed by atoms with van der Waals surface area (Å²) in [6.45, 7) is 4.54. The van der Waals surface area contributed by atoms with Crippen LogP contribution in [-0.4, -0.2) is 20.2 Å². The summed E-state index contributed by atoms with van der Waals surface area (Å²) in [6, 6.07) is 8.40. The Hall–Kier alpha value is -0.730. The molecule has 90 valence electrons. The number of hydrogen-bond acceptors (Lipinski definition) is 2. The van der Waals surface area contributed by atoms with Crippen molar-refractivity contribution in [2.75, 3.05) is 20.2 Å². The van der Waals surface area contributed by atoms with Crippen molar-refractivity contribution in [3.05, 3.63) is 29.8 Å². The Morgan fingerprint density at radius 3 is 2.75 bits per heavy atom. The van der Waals surface area contributed by atoms with Gasteiger partial charge in [-0.05, 0) is 43.0 Å². The lowest BCUT2D eigenvalue weighted by Gasteiger charge is -2.30. The van der Waals surface area contributed by atoms with E-state index >= 15 is 0 Å². The third kappa shape index (κ3) is 2.69. The lowest BCUT2D eigenvalue weighted by atomic mass is 9.82. The van der Waals surface area contributed by atoms with E-state index in [4.69, 9.17) is 4.74 Å². The Bertz CT molecular complexity index is 329. The van der Waals surface area contributed by atoms with Crippen LogP contribution >= 0.6 is 12.4 Å². The maximum atomic E-state index is 5.43. The molecule has 0 radical (unpaired) electrons. The zero-order valence-electron chi connectivity index (χ0n) is 9.90. The van der Waals surface area contributed by atoms with Gasteiger partial charge in [0.05, 0.1) is 7.11 Å². The van der Waals surface area contributed by atoms with Crippen molar-refractivity contribution in [2.24, 2.45) is 5.92 Å². The fourth-order valence-electron chi connectivity index (χ4n) is 2.45. The molecule has 0 spiro atoms. The van der Waals surface area contributed by atoms with Crippen molar-refractivity contribution in [3.63, 3.8) is 0 Å². The average Bonchev–Trinajstić information content (AvgIpc) is 2.30. The van der Waals surface area contributed by atoms with Crippen LogP contribution < -0.4 is 10.1 Å². The number of piperidine rings is 1. The molecular weight excluding hydrogens is 222 g/mol. The normalized spacial score (nSPS) is 24.6. The molecule has 1 aliphatic heterocycles. The third-order valence-electron chi connectivity index (χ3n) is 3.32. The quantitative estimate of drug-likeness (QED) is 0.860. The van der Waals surface area contributed by atoms with Crippen molar-refractivity contribution in [2.45, 2.75) is 19.3 Å². The maximum absolute atomic E-state index is 5.43. The number of ether oxygens (including phenoxy) is 1. The summed E-state index contributed by atoms with van der Waals surface area (Å²) in [4.78, 5) is 0. The second-order valence-corrected chi connectivity index (χ2v) is 4.32. The molecule has 1 aromatic rings. The fourth-order valence-corrected chi connectivity index (χ4v) is 2.45. The maximum Gasteiger partial charge on any atom is 0.122 e. The van der Waals surface area contributed by atoms with Gasteiger partial charge in [0.15, 0.2) is 0 Å². The number of methoxy groups -OCH3 is 1. The predicted molar refractivity (Wildman–Crippen MR) is 69.6 cm³/mol. The molecule has 1 heterocycles. The van der Waals surface area contributed by atoms with Crippen LogP contribution in [0.3, 0.4) is 0 Å². The van der Waals surface area contributed by atoms with Gasteiger partial charge >= 0.3 is 0 Å². The number of para-hydroxylation sites is 1. The highest BCUT2D eigenvalue weighted by atomic mass is 35.5. The molecule has 0 aliphatic carbocycles. The predicted octanol–water partition coefficient (Wildman–Crippen LogP) is 2.83. The second-order valence-electron chi connectivity index (χ2n) is 4.32. The van der Waals surface area contributed by atoms with Crippen molar-refractivity contribution in [1.29, 1.82) is 0 Å². The van der Waals surface area contributed by atoms with Crippen LogP contribution in [0.5, 0.6) is 5.75 Å².